The third-order valence-electron chi connectivity index (χ3n) is 2.36. The third kappa shape index (κ3) is 4.07. The molecule has 0 aliphatic carbocycles. The first-order valence-corrected chi connectivity index (χ1v) is 5.68. The van der Waals surface area contributed by atoms with E-state index < -0.39 is 12.2 Å². The van der Waals surface area contributed by atoms with Gasteiger partial charge in [-0.15, -0.1) is 0 Å². The first-order valence-electron chi connectivity index (χ1n) is 5.68. The highest BCUT2D eigenvalue weighted by atomic mass is 16.6. The van der Waals surface area contributed by atoms with Gasteiger partial charge in [0.05, 0.1) is 6.61 Å². The minimum absolute atomic E-state index is 0.0127. The van der Waals surface area contributed by atoms with Crippen LogP contribution in [0.4, 0.5) is 4.79 Å². The molecule has 0 bridgehead atoms. The normalized spacial score (nSPS) is 12.3. The predicted molar refractivity (Wildman–Crippen MR) is 65.8 cm³/mol. The molecule has 0 heterocycles. The molecule has 0 aliphatic rings. The van der Waals surface area contributed by atoms with Crippen molar-refractivity contribution in [3.05, 3.63) is 35.4 Å². The molecular formula is C13H19NO3. The van der Waals surface area contributed by atoms with Gasteiger partial charge in [-0.1, -0.05) is 24.3 Å². The van der Waals surface area contributed by atoms with Gasteiger partial charge in [-0.2, -0.15) is 0 Å². The SMILES string of the molecule is Cc1ccccc1C(CO)OC(=O)NC(C)C. The van der Waals surface area contributed by atoms with Crippen LogP contribution in [0.5, 0.6) is 0 Å². The first kappa shape index (κ1) is 13.5. The Labute approximate surface area is 102 Å². The van der Waals surface area contributed by atoms with Crippen LogP contribution in [0.1, 0.15) is 31.1 Å². The molecule has 0 aromatic heterocycles. The molecule has 1 amide bonds. The van der Waals surface area contributed by atoms with Gasteiger partial charge in [-0.05, 0) is 31.9 Å². The number of alkyl carbamates (subject to hydrolysis) is 1. The molecule has 1 aromatic rings. The summed E-state index contributed by atoms with van der Waals surface area (Å²) in [7, 11) is 0. The second-order valence-electron chi connectivity index (χ2n) is 4.23. The number of benzene rings is 1. The smallest absolute Gasteiger partial charge is 0.408 e. The van der Waals surface area contributed by atoms with Crippen molar-refractivity contribution in [1.82, 2.24) is 5.32 Å². The zero-order valence-corrected chi connectivity index (χ0v) is 10.4. The quantitative estimate of drug-likeness (QED) is 0.843. The van der Waals surface area contributed by atoms with Gasteiger partial charge in [0.1, 0.15) is 0 Å². The summed E-state index contributed by atoms with van der Waals surface area (Å²) in [4.78, 5) is 11.5. The van der Waals surface area contributed by atoms with E-state index in [1.807, 2.05) is 45.0 Å². The number of aryl methyl sites for hydroxylation is 1. The summed E-state index contributed by atoms with van der Waals surface area (Å²) in [5, 5.41) is 11.9. The number of carbonyl (C=O) groups is 1. The van der Waals surface area contributed by atoms with E-state index in [9.17, 15) is 9.90 Å². The molecule has 17 heavy (non-hydrogen) atoms. The summed E-state index contributed by atoms with van der Waals surface area (Å²) in [5.41, 5.74) is 1.82. The van der Waals surface area contributed by atoms with Gasteiger partial charge in [-0.3, -0.25) is 0 Å². The monoisotopic (exact) mass is 237 g/mol. The molecule has 1 rings (SSSR count). The van der Waals surface area contributed by atoms with Crippen molar-refractivity contribution in [2.45, 2.75) is 32.9 Å². The minimum atomic E-state index is -0.616. The van der Waals surface area contributed by atoms with Crippen molar-refractivity contribution < 1.29 is 14.6 Å². The first-order chi connectivity index (χ1) is 8.04. The van der Waals surface area contributed by atoms with Crippen molar-refractivity contribution in [2.75, 3.05) is 6.61 Å². The van der Waals surface area contributed by atoms with Crippen LogP contribution in [0.15, 0.2) is 24.3 Å². The summed E-state index contributed by atoms with van der Waals surface area (Å²) in [6.07, 6.45) is -1.13. The standard InChI is InChI=1S/C13H19NO3/c1-9(2)14-13(16)17-12(8-15)11-7-5-4-6-10(11)3/h4-7,9,12,15H,8H2,1-3H3,(H,14,16). The molecule has 0 aliphatic heterocycles. The zero-order valence-electron chi connectivity index (χ0n) is 10.4. The van der Waals surface area contributed by atoms with E-state index in [-0.39, 0.29) is 12.6 Å². The lowest BCUT2D eigenvalue weighted by molar-refractivity contribution is 0.0555. The van der Waals surface area contributed by atoms with Crippen LogP contribution in [-0.4, -0.2) is 23.8 Å². The van der Waals surface area contributed by atoms with E-state index >= 15 is 0 Å². The van der Waals surface area contributed by atoms with Crippen molar-refractivity contribution in [1.29, 1.82) is 0 Å². The number of ether oxygens (including phenoxy) is 1. The van der Waals surface area contributed by atoms with Crippen molar-refractivity contribution >= 4 is 6.09 Å². The van der Waals surface area contributed by atoms with E-state index in [4.69, 9.17) is 4.74 Å². The average molecular weight is 237 g/mol. The summed E-state index contributed by atoms with van der Waals surface area (Å²) in [6, 6.07) is 7.54. The highest BCUT2D eigenvalue weighted by Crippen LogP contribution is 2.20. The molecule has 2 N–H and O–H groups in total. The maximum atomic E-state index is 11.5. The largest absolute Gasteiger partial charge is 0.439 e. The Hall–Kier alpha value is -1.55. The van der Waals surface area contributed by atoms with Crippen LogP contribution in [0.2, 0.25) is 0 Å². The van der Waals surface area contributed by atoms with Gasteiger partial charge in [-0.25, -0.2) is 4.79 Å². The molecule has 4 heteroatoms. The van der Waals surface area contributed by atoms with Gasteiger partial charge in [0.2, 0.25) is 0 Å². The topological polar surface area (TPSA) is 58.6 Å². The lowest BCUT2D eigenvalue weighted by Gasteiger charge is -2.19. The maximum Gasteiger partial charge on any atom is 0.408 e. The fraction of sp³-hybridized carbons (Fsp3) is 0.462. The molecule has 0 saturated heterocycles. The van der Waals surface area contributed by atoms with Gasteiger partial charge in [0.25, 0.3) is 0 Å². The van der Waals surface area contributed by atoms with Crippen molar-refractivity contribution in [3.63, 3.8) is 0 Å². The Morgan fingerprint density at radius 1 is 1.41 bits per heavy atom. The fourth-order valence-electron chi connectivity index (χ4n) is 1.55. The highest BCUT2D eigenvalue weighted by Gasteiger charge is 2.17. The van der Waals surface area contributed by atoms with Crippen molar-refractivity contribution in [2.24, 2.45) is 0 Å². The van der Waals surface area contributed by atoms with Gasteiger partial charge >= 0.3 is 6.09 Å². The van der Waals surface area contributed by atoms with E-state index in [1.165, 1.54) is 0 Å². The Balaban J connectivity index is 2.73. The predicted octanol–water partition coefficient (Wildman–Crippen LogP) is 2.16. The van der Waals surface area contributed by atoms with Crippen LogP contribution < -0.4 is 5.32 Å². The summed E-state index contributed by atoms with van der Waals surface area (Å²) in [6.45, 7) is 5.39. The lowest BCUT2D eigenvalue weighted by Crippen LogP contribution is -2.32. The van der Waals surface area contributed by atoms with Crippen LogP contribution >= 0.6 is 0 Å². The Kier molecular flexibility index (Phi) is 4.97. The number of carbonyl (C=O) groups excluding carboxylic acids is 1. The molecule has 1 unspecified atom stereocenters. The van der Waals surface area contributed by atoms with Crippen molar-refractivity contribution in [3.8, 4) is 0 Å². The number of nitrogens with one attached hydrogen (secondary N) is 1. The van der Waals surface area contributed by atoms with Crippen LogP contribution in [-0.2, 0) is 4.74 Å². The minimum Gasteiger partial charge on any atom is -0.439 e. The molecule has 1 aromatic carbocycles. The Morgan fingerprint density at radius 3 is 2.59 bits per heavy atom. The van der Waals surface area contributed by atoms with E-state index in [0.717, 1.165) is 11.1 Å². The molecule has 4 nitrogen and oxygen atoms in total. The number of hydrogen-bond acceptors (Lipinski definition) is 3. The second-order valence-corrected chi connectivity index (χ2v) is 4.23. The fourth-order valence-corrected chi connectivity index (χ4v) is 1.55. The van der Waals surface area contributed by atoms with Crippen LogP contribution in [0, 0.1) is 6.92 Å². The van der Waals surface area contributed by atoms with E-state index in [0.29, 0.717) is 0 Å². The zero-order chi connectivity index (χ0) is 12.8. The van der Waals surface area contributed by atoms with Crippen LogP contribution in [0.25, 0.3) is 0 Å². The highest BCUT2D eigenvalue weighted by molar-refractivity contribution is 5.67. The molecule has 1 atom stereocenters. The second kappa shape index (κ2) is 6.25. The molecule has 0 saturated carbocycles. The summed E-state index contributed by atoms with van der Waals surface area (Å²) >= 11 is 0. The molecule has 0 fully saturated rings. The van der Waals surface area contributed by atoms with Gasteiger partial charge in [0.15, 0.2) is 6.10 Å². The summed E-state index contributed by atoms with van der Waals surface area (Å²) < 4.78 is 5.18. The Morgan fingerprint density at radius 2 is 2.06 bits per heavy atom. The number of aliphatic hydroxyl groups excluding tert-OH is 1. The molecule has 94 valence electrons. The molecule has 0 radical (unpaired) electrons. The van der Waals surface area contributed by atoms with E-state index in [1.54, 1.807) is 0 Å². The Bertz CT molecular complexity index is 377. The van der Waals surface area contributed by atoms with Gasteiger partial charge in [0, 0.05) is 6.04 Å². The number of hydrogen-bond donors (Lipinski definition) is 2. The summed E-state index contributed by atoms with van der Waals surface area (Å²) in [5.74, 6) is 0. The lowest BCUT2D eigenvalue weighted by atomic mass is 10.0. The average Bonchev–Trinajstić information content (AvgIpc) is 2.26. The third-order valence-corrected chi connectivity index (χ3v) is 2.36. The van der Waals surface area contributed by atoms with E-state index in [2.05, 4.69) is 5.32 Å². The number of amides is 1. The molecule has 0 spiro atoms. The maximum absolute atomic E-state index is 11.5. The van der Waals surface area contributed by atoms with Gasteiger partial charge < -0.3 is 15.2 Å². The molecular weight excluding hydrogens is 218 g/mol. The number of rotatable bonds is 4. The number of aliphatic hydroxyl groups is 1. The van der Waals surface area contributed by atoms with Crippen LogP contribution in [0.3, 0.4) is 0 Å².